The van der Waals surface area contributed by atoms with Crippen LogP contribution in [-0.4, -0.2) is 15.1 Å². The summed E-state index contributed by atoms with van der Waals surface area (Å²) in [4.78, 5) is 5.00. The number of anilines is 2. The molecule has 0 saturated heterocycles. The second-order valence-corrected chi connectivity index (χ2v) is 11.3. The number of thioether (sulfide) groups is 1. The highest BCUT2D eigenvalue weighted by Gasteiger charge is 2.34. The maximum absolute atomic E-state index is 12.6. The Hall–Kier alpha value is -1.67. The predicted molar refractivity (Wildman–Crippen MR) is 125 cm³/mol. The van der Waals surface area contributed by atoms with Gasteiger partial charge in [0.1, 0.15) is 0 Å². The molecule has 4 rings (SSSR count). The van der Waals surface area contributed by atoms with Gasteiger partial charge in [0, 0.05) is 21.1 Å². The van der Waals surface area contributed by atoms with Crippen LogP contribution in [0.5, 0.6) is 0 Å². The van der Waals surface area contributed by atoms with Crippen molar-refractivity contribution < 1.29 is 13.2 Å². The molecule has 1 heterocycles. The maximum Gasteiger partial charge on any atom is 0.446 e. The number of nitrogens with zero attached hydrogens (tertiary/aromatic N) is 2. The first kappa shape index (κ1) is 22.5. The van der Waals surface area contributed by atoms with Crippen molar-refractivity contribution in [3.63, 3.8) is 0 Å². The summed E-state index contributed by atoms with van der Waals surface area (Å²) in [6, 6.07) is 12.7. The third-order valence-electron chi connectivity index (χ3n) is 5.72. The van der Waals surface area contributed by atoms with Gasteiger partial charge in [0.25, 0.3) is 0 Å². The van der Waals surface area contributed by atoms with Gasteiger partial charge in [-0.15, -0.1) is 0 Å². The van der Waals surface area contributed by atoms with E-state index in [1.54, 1.807) is 12.1 Å². The molecule has 2 atom stereocenters. The molecule has 1 N–H and O–H groups in total. The molecule has 0 amide bonds. The molecular weight excluding hydrogens is 487 g/mol. The molecule has 3 aromatic rings. The van der Waals surface area contributed by atoms with Crippen molar-refractivity contribution in [2.24, 2.45) is 11.3 Å². The van der Waals surface area contributed by atoms with Crippen LogP contribution in [0.1, 0.15) is 46.1 Å². The molecule has 1 aliphatic carbocycles. The van der Waals surface area contributed by atoms with Crippen LogP contribution in [0.4, 0.5) is 24.8 Å². The molecule has 0 radical (unpaired) electrons. The Balaban J connectivity index is 1.70. The lowest BCUT2D eigenvalue weighted by molar-refractivity contribution is -0.0328. The first-order valence-electron chi connectivity index (χ1n) is 10.3. The number of hydrogen-bond acceptors (Lipinski definition) is 3. The monoisotopic (exact) mass is 511 g/mol. The molecule has 3 nitrogen and oxygen atoms in total. The van der Waals surface area contributed by atoms with Crippen LogP contribution in [0.3, 0.4) is 0 Å². The van der Waals surface area contributed by atoms with E-state index in [0.29, 0.717) is 17.6 Å². The van der Waals surface area contributed by atoms with E-state index < -0.39 is 5.51 Å². The first-order valence-corrected chi connectivity index (χ1v) is 11.9. The molecule has 0 bridgehead atoms. The Morgan fingerprint density at radius 3 is 2.48 bits per heavy atom. The van der Waals surface area contributed by atoms with Crippen molar-refractivity contribution in [1.82, 2.24) is 9.55 Å². The Bertz CT molecular complexity index is 1080. The summed E-state index contributed by atoms with van der Waals surface area (Å²) >= 11 is 3.42. The van der Waals surface area contributed by atoms with Gasteiger partial charge < -0.3 is 9.88 Å². The van der Waals surface area contributed by atoms with Crippen LogP contribution < -0.4 is 5.32 Å². The maximum atomic E-state index is 12.6. The van der Waals surface area contributed by atoms with Crippen molar-refractivity contribution in [2.75, 3.05) is 5.32 Å². The number of benzene rings is 2. The third kappa shape index (κ3) is 5.40. The average molecular weight is 512 g/mol. The van der Waals surface area contributed by atoms with E-state index in [0.717, 1.165) is 34.3 Å². The molecule has 1 saturated carbocycles. The summed E-state index contributed by atoms with van der Waals surface area (Å²) in [5.41, 5.74) is -1.39. The molecule has 0 aliphatic heterocycles. The van der Waals surface area contributed by atoms with E-state index in [1.165, 1.54) is 18.6 Å². The quantitative estimate of drug-likeness (QED) is 0.355. The third-order valence-corrected chi connectivity index (χ3v) is 6.96. The second kappa shape index (κ2) is 8.35. The second-order valence-electron chi connectivity index (χ2n) is 9.20. The lowest BCUT2D eigenvalue weighted by Gasteiger charge is -2.40. The van der Waals surface area contributed by atoms with Gasteiger partial charge in [-0.2, -0.15) is 13.2 Å². The van der Waals surface area contributed by atoms with E-state index in [-0.39, 0.29) is 22.1 Å². The van der Waals surface area contributed by atoms with E-state index in [2.05, 4.69) is 52.7 Å². The van der Waals surface area contributed by atoms with Gasteiger partial charge in [-0.3, -0.25) is 0 Å². The van der Waals surface area contributed by atoms with Gasteiger partial charge in [0.2, 0.25) is 5.95 Å². The molecule has 8 heteroatoms. The number of aromatic nitrogens is 2. The normalized spacial score (nSPS) is 21.4. The molecule has 0 unspecified atom stereocenters. The van der Waals surface area contributed by atoms with Crippen LogP contribution in [0.25, 0.3) is 11.0 Å². The van der Waals surface area contributed by atoms with E-state index in [1.807, 2.05) is 12.1 Å². The van der Waals surface area contributed by atoms with Gasteiger partial charge in [-0.25, -0.2) is 4.98 Å². The molecular formula is C23H25BrF3N3S. The number of imidazole rings is 1. The van der Waals surface area contributed by atoms with Crippen LogP contribution >= 0.6 is 27.7 Å². The van der Waals surface area contributed by atoms with Crippen LogP contribution in [-0.2, 0) is 0 Å². The van der Waals surface area contributed by atoms with Gasteiger partial charge in [0.15, 0.2) is 0 Å². The number of alkyl halides is 3. The topological polar surface area (TPSA) is 29.9 Å². The number of halogens is 4. The standard InChI is InChI=1S/C23H25BrF3N3S/c1-14-10-17(13-22(2,3)12-14)30-20-9-4-15(24)11-19(20)29-21(30)28-16-5-7-18(8-6-16)31-23(25,26)27/h4-9,11,14,17H,10,12-13H2,1-3H3,(H,28,29)/t14-,17+/m1/s1. The van der Waals surface area contributed by atoms with Crippen molar-refractivity contribution in [1.29, 1.82) is 0 Å². The van der Waals surface area contributed by atoms with Gasteiger partial charge in [-0.05, 0) is 84.8 Å². The fraction of sp³-hybridized carbons (Fsp3) is 0.435. The first-order chi connectivity index (χ1) is 14.5. The Labute approximate surface area is 192 Å². The predicted octanol–water partition coefficient (Wildman–Crippen LogP) is 8.54. The highest BCUT2D eigenvalue weighted by molar-refractivity contribution is 9.10. The summed E-state index contributed by atoms with van der Waals surface area (Å²) in [5.74, 6) is 1.33. The summed E-state index contributed by atoms with van der Waals surface area (Å²) in [5, 5.41) is 3.36. The van der Waals surface area contributed by atoms with Crippen LogP contribution in [0, 0.1) is 11.3 Å². The van der Waals surface area contributed by atoms with Gasteiger partial charge in [-0.1, -0.05) is 36.7 Å². The fourth-order valence-corrected chi connectivity index (χ4v) is 5.78. The van der Waals surface area contributed by atoms with E-state index in [9.17, 15) is 13.2 Å². The lowest BCUT2D eigenvalue weighted by Crippen LogP contribution is -2.29. The zero-order chi connectivity index (χ0) is 22.4. The fourth-order valence-electron chi connectivity index (χ4n) is 4.89. The van der Waals surface area contributed by atoms with Crippen molar-refractivity contribution >= 4 is 50.4 Å². The van der Waals surface area contributed by atoms with Crippen LogP contribution in [0.2, 0.25) is 0 Å². The van der Waals surface area contributed by atoms with Crippen molar-refractivity contribution in [3.05, 3.63) is 46.9 Å². The Morgan fingerprint density at radius 1 is 1.13 bits per heavy atom. The number of fused-ring (bicyclic) bond motifs is 1. The zero-order valence-electron chi connectivity index (χ0n) is 17.6. The highest BCUT2D eigenvalue weighted by Crippen LogP contribution is 2.46. The minimum Gasteiger partial charge on any atom is -0.326 e. The highest BCUT2D eigenvalue weighted by atomic mass is 79.9. The minimum atomic E-state index is -4.29. The summed E-state index contributed by atoms with van der Waals surface area (Å²) in [7, 11) is 0. The minimum absolute atomic E-state index is 0.107. The Kier molecular flexibility index (Phi) is 6.07. The smallest absolute Gasteiger partial charge is 0.326 e. The van der Waals surface area contributed by atoms with Gasteiger partial charge in [0.05, 0.1) is 11.0 Å². The molecule has 1 fully saturated rings. The number of hydrogen-bond donors (Lipinski definition) is 1. The zero-order valence-corrected chi connectivity index (χ0v) is 20.0. The Morgan fingerprint density at radius 2 is 1.84 bits per heavy atom. The molecule has 1 aromatic heterocycles. The van der Waals surface area contributed by atoms with E-state index >= 15 is 0 Å². The lowest BCUT2D eigenvalue weighted by atomic mass is 9.70. The van der Waals surface area contributed by atoms with Gasteiger partial charge >= 0.3 is 5.51 Å². The largest absolute Gasteiger partial charge is 0.446 e. The molecule has 2 aromatic carbocycles. The number of nitrogens with one attached hydrogen (secondary N) is 1. The SMILES string of the molecule is C[C@@H]1C[C@H](n2c(Nc3ccc(SC(F)(F)F)cc3)nc3cc(Br)ccc32)CC(C)(C)C1. The summed E-state index contributed by atoms with van der Waals surface area (Å²) < 4.78 is 41.1. The van der Waals surface area contributed by atoms with Crippen molar-refractivity contribution in [2.45, 2.75) is 56.5 Å². The molecule has 0 spiro atoms. The molecule has 1 aliphatic rings. The summed E-state index contributed by atoms with van der Waals surface area (Å²) in [6.07, 6.45) is 3.32. The van der Waals surface area contributed by atoms with E-state index in [4.69, 9.17) is 4.98 Å². The van der Waals surface area contributed by atoms with Crippen molar-refractivity contribution in [3.8, 4) is 0 Å². The summed E-state index contributed by atoms with van der Waals surface area (Å²) in [6.45, 7) is 6.93. The number of rotatable bonds is 4. The molecule has 31 heavy (non-hydrogen) atoms. The molecule has 166 valence electrons. The van der Waals surface area contributed by atoms with Crippen LogP contribution in [0.15, 0.2) is 51.8 Å². The average Bonchev–Trinajstić information content (AvgIpc) is 2.97.